The van der Waals surface area contributed by atoms with Gasteiger partial charge in [-0.15, -0.1) is 0 Å². The van der Waals surface area contributed by atoms with Gasteiger partial charge in [-0.25, -0.2) is 8.78 Å². The third-order valence-corrected chi connectivity index (χ3v) is 5.80. The molecule has 2 fully saturated rings. The first-order chi connectivity index (χ1) is 15.6. The fraction of sp³-hybridized carbons (Fsp3) is 0.545. The molecule has 2 aliphatic rings. The Morgan fingerprint density at radius 2 is 1.88 bits per heavy atom. The molecular formula is C22H27F2N5O4. The lowest BCUT2D eigenvalue weighted by molar-refractivity contribution is -0.125. The zero-order chi connectivity index (χ0) is 24.0. The summed E-state index contributed by atoms with van der Waals surface area (Å²) in [5.74, 6) is -1.66. The van der Waals surface area contributed by atoms with Crippen LogP contribution in [0.4, 0.5) is 8.78 Å². The number of amides is 2. The molecule has 1 saturated carbocycles. The fourth-order valence-corrected chi connectivity index (χ4v) is 3.95. The number of aryl methyl sites for hydroxylation is 1. The molecule has 2 N–H and O–H groups in total. The molecular weight excluding hydrogens is 436 g/mol. The number of aromatic nitrogens is 3. The van der Waals surface area contributed by atoms with E-state index in [4.69, 9.17) is 0 Å². The molecule has 1 saturated heterocycles. The van der Waals surface area contributed by atoms with E-state index in [0.717, 1.165) is 22.3 Å². The van der Waals surface area contributed by atoms with E-state index in [9.17, 15) is 28.3 Å². The van der Waals surface area contributed by atoms with Crippen molar-refractivity contribution in [1.29, 1.82) is 0 Å². The van der Waals surface area contributed by atoms with E-state index in [-0.39, 0.29) is 42.8 Å². The van der Waals surface area contributed by atoms with Gasteiger partial charge >= 0.3 is 0 Å². The highest BCUT2D eigenvalue weighted by molar-refractivity contribution is 5.97. The second kappa shape index (κ2) is 8.60. The summed E-state index contributed by atoms with van der Waals surface area (Å²) in [6.07, 6.45) is 0.802. The molecule has 3 heterocycles. The lowest BCUT2D eigenvalue weighted by atomic mass is 10.1. The largest absolute Gasteiger partial charge is 0.494 e. The van der Waals surface area contributed by atoms with Gasteiger partial charge in [-0.2, -0.15) is 9.61 Å². The van der Waals surface area contributed by atoms with Gasteiger partial charge in [0.2, 0.25) is 11.8 Å². The summed E-state index contributed by atoms with van der Waals surface area (Å²) in [5.41, 5.74) is -0.151. The van der Waals surface area contributed by atoms with Crippen molar-refractivity contribution in [3.63, 3.8) is 0 Å². The molecule has 2 amide bonds. The number of alkyl halides is 2. The van der Waals surface area contributed by atoms with E-state index in [0.29, 0.717) is 11.3 Å². The zero-order valence-electron chi connectivity index (χ0n) is 18.7. The molecule has 1 aliphatic heterocycles. The normalized spacial score (nSPS) is 21.0. The minimum absolute atomic E-state index is 0.00664. The first-order valence-electron chi connectivity index (χ1n) is 11.0. The van der Waals surface area contributed by atoms with Crippen molar-refractivity contribution in [2.24, 2.45) is 5.92 Å². The highest BCUT2D eigenvalue weighted by Crippen LogP contribution is 2.26. The van der Waals surface area contributed by atoms with Gasteiger partial charge in [0.25, 0.3) is 11.5 Å². The minimum Gasteiger partial charge on any atom is -0.494 e. The van der Waals surface area contributed by atoms with E-state index in [1.165, 1.54) is 16.7 Å². The van der Waals surface area contributed by atoms with Gasteiger partial charge in [-0.1, -0.05) is 13.8 Å². The maximum absolute atomic E-state index is 13.5. The van der Waals surface area contributed by atoms with Gasteiger partial charge in [-0.3, -0.25) is 19.0 Å². The van der Waals surface area contributed by atoms with Crippen LogP contribution < -0.4 is 10.9 Å². The molecule has 0 spiro atoms. The van der Waals surface area contributed by atoms with Gasteiger partial charge in [0.05, 0.1) is 18.8 Å². The number of hydrogen-bond donors (Lipinski definition) is 2. The number of carbonyl (C=O) groups excluding carboxylic acids is 2. The summed E-state index contributed by atoms with van der Waals surface area (Å²) in [5, 5.41) is 17.9. The minimum atomic E-state index is -1.71. The number of nitrogens with zero attached hydrogens (tertiary/aromatic N) is 4. The van der Waals surface area contributed by atoms with Gasteiger partial charge in [-0.05, 0) is 31.8 Å². The fourth-order valence-electron chi connectivity index (χ4n) is 3.95. The van der Waals surface area contributed by atoms with Crippen LogP contribution in [-0.4, -0.2) is 67.5 Å². The summed E-state index contributed by atoms with van der Waals surface area (Å²) in [4.78, 5) is 39.3. The maximum Gasteiger partial charge on any atom is 0.291 e. The number of nitrogens with one attached hydrogen (secondary N) is 1. The number of halogens is 2. The van der Waals surface area contributed by atoms with Gasteiger partial charge in [0.1, 0.15) is 5.65 Å². The van der Waals surface area contributed by atoms with Gasteiger partial charge in [0.15, 0.2) is 17.9 Å². The second-order valence-corrected chi connectivity index (χ2v) is 9.10. The molecule has 2 atom stereocenters. The smallest absolute Gasteiger partial charge is 0.291 e. The van der Waals surface area contributed by atoms with E-state index in [1.54, 1.807) is 6.92 Å². The maximum atomic E-state index is 13.5. The lowest BCUT2D eigenvalue weighted by Crippen LogP contribution is -2.34. The molecule has 2 aromatic rings. The molecule has 178 valence electrons. The molecule has 9 nitrogen and oxygen atoms in total. The van der Waals surface area contributed by atoms with Crippen molar-refractivity contribution in [2.45, 2.75) is 58.5 Å². The number of carbonyl (C=O) groups is 2. The van der Waals surface area contributed by atoms with E-state index >= 15 is 0 Å². The molecule has 0 bridgehead atoms. The number of likely N-dealkylation sites (tertiary alicyclic amines) is 1. The van der Waals surface area contributed by atoms with Gasteiger partial charge in [0, 0.05) is 24.2 Å². The summed E-state index contributed by atoms with van der Waals surface area (Å²) in [6, 6.07) is -0.00664. The van der Waals surface area contributed by atoms with E-state index < -0.39 is 35.6 Å². The van der Waals surface area contributed by atoms with E-state index in [1.807, 2.05) is 13.8 Å². The van der Waals surface area contributed by atoms with E-state index in [2.05, 4.69) is 10.4 Å². The molecule has 0 aromatic carbocycles. The average Bonchev–Trinajstić information content (AvgIpc) is 3.40. The van der Waals surface area contributed by atoms with Crippen LogP contribution in [0.5, 0.6) is 5.88 Å². The number of rotatable bonds is 6. The summed E-state index contributed by atoms with van der Waals surface area (Å²) in [7, 11) is 0. The summed E-state index contributed by atoms with van der Waals surface area (Å²) < 4.78 is 29.4. The standard InChI is InChI=1S/C22H27F2N5O4/c1-11(2)8-28-20-14(6-7-17(30)27-9-15(23)16(24)10-27)12(3)26-29(20)22(33)18(21(28)32)19(31)25-13-4-5-13/h6-7,11,13,15-16,32H,4-5,8-10H2,1-3H3,(H,25,31)/b7-6+/t15-,16-/m1/s1. The topological polar surface area (TPSA) is 109 Å². The van der Waals surface area contributed by atoms with Crippen LogP contribution in [-0.2, 0) is 11.3 Å². The summed E-state index contributed by atoms with van der Waals surface area (Å²) in [6.45, 7) is 5.08. The molecule has 11 heteroatoms. The Bertz CT molecular complexity index is 1190. The molecule has 1 aliphatic carbocycles. The van der Waals surface area contributed by atoms with Crippen molar-refractivity contribution in [2.75, 3.05) is 13.1 Å². The Balaban J connectivity index is 1.79. The molecule has 0 radical (unpaired) electrons. The molecule has 4 rings (SSSR count). The van der Waals surface area contributed by atoms with Crippen molar-refractivity contribution in [1.82, 2.24) is 24.4 Å². The second-order valence-electron chi connectivity index (χ2n) is 9.10. The van der Waals surface area contributed by atoms with Crippen LogP contribution in [0.25, 0.3) is 11.7 Å². The molecule has 0 unspecified atom stereocenters. The zero-order valence-corrected chi connectivity index (χ0v) is 18.7. The Kier molecular flexibility index (Phi) is 5.98. The lowest BCUT2D eigenvalue weighted by Gasteiger charge is -2.17. The monoisotopic (exact) mass is 463 g/mol. The van der Waals surface area contributed by atoms with Crippen LogP contribution in [0.1, 0.15) is 48.3 Å². The Morgan fingerprint density at radius 3 is 2.45 bits per heavy atom. The number of fused-ring (bicyclic) bond motifs is 1. The van der Waals surface area contributed by atoms with Crippen LogP contribution in [0.15, 0.2) is 10.9 Å². The Hall–Kier alpha value is -3.24. The van der Waals surface area contributed by atoms with Crippen molar-refractivity contribution >= 4 is 23.5 Å². The first kappa shape index (κ1) is 22.9. The van der Waals surface area contributed by atoms with Crippen molar-refractivity contribution in [3.05, 3.63) is 33.3 Å². The average molecular weight is 463 g/mol. The van der Waals surface area contributed by atoms with Crippen LogP contribution in [0.2, 0.25) is 0 Å². The number of aromatic hydroxyl groups is 1. The predicted octanol–water partition coefficient (Wildman–Crippen LogP) is 1.59. The predicted molar refractivity (Wildman–Crippen MR) is 117 cm³/mol. The number of hydrogen-bond acceptors (Lipinski definition) is 5. The third-order valence-electron chi connectivity index (χ3n) is 5.80. The SMILES string of the molecule is Cc1nn2c(=O)c(C(=O)NC3CC3)c(O)n(CC(C)C)c2c1/C=C/C(=O)N1C[C@@H](F)[C@H](F)C1. The summed E-state index contributed by atoms with van der Waals surface area (Å²) >= 11 is 0. The van der Waals surface area contributed by atoms with Crippen molar-refractivity contribution < 1.29 is 23.5 Å². The highest BCUT2D eigenvalue weighted by atomic mass is 19.2. The van der Waals surface area contributed by atoms with Gasteiger partial charge < -0.3 is 15.3 Å². The molecule has 33 heavy (non-hydrogen) atoms. The van der Waals surface area contributed by atoms with Crippen LogP contribution >= 0.6 is 0 Å². The quantitative estimate of drug-likeness (QED) is 0.633. The highest BCUT2D eigenvalue weighted by Gasteiger charge is 2.35. The van der Waals surface area contributed by atoms with Crippen molar-refractivity contribution in [3.8, 4) is 5.88 Å². The van der Waals surface area contributed by atoms with Crippen LogP contribution in [0, 0.1) is 12.8 Å². The Morgan fingerprint density at radius 1 is 1.24 bits per heavy atom. The van der Waals surface area contributed by atoms with Crippen LogP contribution in [0.3, 0.4) is 0 Å². The Labute approximate surface area is 188 Å². The third kappa shape index (κ3) is 4.36. The first-order valence-corrected chi connectivity index (χ1v) is 11.0. The molecule has 2 aromatic heterocycles.